The van der Waals surface area contributed by atoms with Crippen molar-refractivity contribution in [1.82, 2.24) is 9.80 Å². The summed E-state index contributed by atoms with van der Waals surface area (Å²) in [6.45, 7) is 4.99. The summed E-state index contributed by atoms with van der Waals surface area (Å²) in [7, 11) is 6.36. The maximum absolute atomic E-state index is 14.6. The highest BCUT2D eigenvalue weighted by molar-refractivity contribution is 6.01. The van der Waals surface area contributed by atoms with Gasteiger partial charge in [-0.15, -0.1) is 0 Å². The van der Waals surface area contributed by atoms with Crippen molar-refractivity contribution < 1.29 is 28.5 Å². The number of fused-ring (bicyclic) bond motifs is 1. The molecule has 2 amide bonds. The Morgan fingerprint density at radius 3 is 2.05 bits per heavy atom. The summed E-state index contributed by atoms with van der Waals surface area (Å²) in [5.74, 6) is 1.53. The van der Waals surface area contributed by atoms with Crippen LogP contribution in [0.15, 0.2) is 60.7 Å². The van der Waals surface area contributed by atoms with Crippen LogP contribution in [0.4, 0.5) is 5.69 Å². The Balaban J connectivity index is 1.55. The molecule has 0 aromatic heterocycles. The predicted molar refractivity (Wildman–Crippen MR) is 161 cm³/mol. The number of carbonyl (C=O) groups excluding carboxylic acids is 2. The molecule has 0 bridgehead atoms. The van der Waals surface area contributed by atoms with Crippen molar-refractivity contribution in [3.05, 3.63) is 77.4 Å². The highest BCUT2D eigenvalue weighted by Gasteiger charge is 2.46. The lowest BCUT2D eigenvalue weighted by Crippen LogP contribution is -2.53. The van der Waals surface area contributed by atoms with E-state index < -0.39 is 12.0 Å². The van der Waals surface area contributed by atoms with Crippen molar-refractivity contribution in [2.45, 2.75) is 25.3 Å². The molecule has 9 nitrogen and oxygen atoms in total. The third-order valence-corrected chi connectivity index (χ3v) is 8.21. The SMILES string of the molecule is CCCN1C(=O)c2ccccc2C(C(=O)N2CCN(c3ccccc3OC)CC2)C1c1cc(OC)c(OC)c(OC)c1. The molecule has 1 fully saturated rings. The first-order valence-corrected chi connectivity index (χ1v) is 14.3. The Morgan fingerprint density at radius 1 is 0.810 bits per heavy atom. The van der Waals surface area contributed by atoms with Gasteiger partial charge in [0.25, 0.3) is 5.91 Å². The van der Waals surface area contributed by atoms with Crippen molar-refractivity contribution in [2.24, 2.45) is 0 Å². The van der Waals surface area contributed by atoms with Gasteiger partial charge in [-0.1, -0.05) is 37.3 Å². The highest BCUT2D eigenvalue weighted by atomic mass is 16.5. The van der Waals surface area contributed by atoms with E-state index in [0.29, 0.717) is 55.5 Å². The number of amides is 2. The van der Waals surface area contributed by atoms with Gasteiger partial charge in [-0.3, -0.25) is 9.59 Å². The zero-order valence-electron chi connectivity index (χ0n) is 25.0. The van der Waals surface area contributed by atoms with Gasteiger partial charge in [-0.05, 0) is 47.9 Å². The van der Waals surface area contributed by atoms with E-state index in [0.717, 1.165) is 29.0 Å². The Labute approximate surface area is 247 Å². The molecule has 0 spiro atoms. The largest absolute Gasteiger partial charge is 0.495 e. The molecule has 2 heterocycles. The number of para-hydroxylation sites is 2. The third-order valence-electron chi connectivity index (χ3n) is 8.21. The molecule has 0 radical (unpaired) electrons. The van der Waals surface area contributed by atoms with Crippen LogP contribution in [0.25, 0.3) is 0 Å². The van der Waals surface area contributed by atoms with Gasteiger partial charge in [-0.2, -0.15) is 0 Å². The van der Waals surface area contributed by atoms with Crippen molar-refractivity contribution in [2.75, 3.05) is 66.1 Å². The number of piperazine rings is 1. The van der Waals surface area contributed by atoms with Crippen molar-refractivity contribution in [1.29, 1.82) is 0 Å². The molecule has 0 aliphatic carbocycles. The molecule has 0 saturated carbocycles. The van der Waals surface area contributed by atoms with Crippen molar-refractivity contribution in [3.8, 4) is 23.0 Å². The molecule has 5 rings (SSSR count). The van der Waals surface area contributed by atoms with E-state index in [4.69, 9.17) is 18.9 Å². The summed E-state index contributed by atoms with van der Waals surface area (Å²) in [4.78, 5) is 34.5. The number of benzene rings is 3. The molecule has 2 atom stereocenters. The van der Waals surface area contributed by atoms with Crippen LogP contribution in [0.2, 0.25) is 0 Å². The minimum atomic E-state index is -0.605. The molecule has 0 N–H and O–H groups in total. The van der Waals surface area contributed by atoms with Gasteiger partial charge in [0, 0.05) is 38.3 Å². The van der Waals surface area contributed by atoms with E-state index in [1.807, 2.05) is 77.4 Å². The molecule has 2 aliphatic heterocycles. The fourth-order valence-corrected chi connectivity index (χ4v) is 6.24. The van der Waals surface area contributed by atoms with Crippen LogP contribution in [0.3, 0.4) is 0 Å². The molecular formula is C33H39N3O6. The van der Waals surface area contributed by atoms with E-state index in [1.54, 1.807) is 28.4 Å². The standard InChI is InChI=1S/C33H39N3O6/c1-6-15-36-30(22-20-27(40-3)31(42-5)28(21-22)41-4)29(23-11-7-8-12-24(23)32(36)37)33(38)35-18-16-34(17-19-35)25-13-9-10-14-26(25)39-2/h7-14,20-21,29-30H,6,15-19H2,1-5H3. The second kappa shape index (κ2) is 12.6. The second-order valence-corrected chi connectivity index (χ2v) is 10.5. The van der Waals surface area contributed by atoms with Crippen LogP contribution in [-0.4, -0.2) is 82.8 Å². The monoisotopic (exact) mass is 573 g/mol. The topological polar surface area (TPSA) is 80.8 Å². The van der Waals surface area contributed by atoms with Crippen molar-refractivity contribution in [3.63, 3.8) is 0 Å². The molecule has 2 unspecified atom stereocenters. The van der Waals surface area contributed by atoms with Crippen LogP contribution < -0.4 is 23.8 Å². The predicted octanol–water partition coefficient (Wildman–Crippen LogP) is 4.76. The summed E-state index contributed by atoms with van der Waals surface area (Å²) < 4.78 is 22.5. The fraction of sp³-hybridized carbons (Fsp3) is 0.394. The van der Waals surface area contributed by atoms with Gasteiger partial charge < -0.3 is 33.6 Å². The minimum absolute atomic E-state index is 0.00511. The van der Waals surface area contributed by atoms with Crippen molar-refractivity contribution >= 4 is 17.5 Å². The lowest BCUT2D eigenvalue weighted by molar-refractivity contribution is -0.135. The molecule has 1 saturated heterocycles. The number of nitrogens with zero attached hydrogens (tertiary/aromatic N) is 3. The number of methoxy groups -OCH3 is 4. The summed E-state index contributed by atoms with van der Waals surface area (Å²) >= 11 is 0. The molecule has 2 aliphatic rings. The smallest absolute Gasteiger partial charge is 0.254 e. The second-order valence-electron chi connectivity index (χ2n) is 10.5. The molecule has 42 heavy (non-hydrogen) atoms. The number of ether oxygens (including phenoxy) is 4. The van der Waals surface area contributed by atoms with Crippen LogP contribution in [0, 0.1) is 0 Å². The van der Waals surface area contributed by atoms with Gasteiger partial charge in [0.05, 0.1) is 46.1 Å². The Morgan fingerprint density at radius 2 is 1.43 bits per heavy atom. The maximum Gasteiger partial charge on any atom is 0.254 e. The molecular weight excluding hydrogens is 534 g/mol. The molecule has 222 valence electrons. The van der Waals surface area contributed by atoms with E-state index in [9.17, 15) is 9.59 Å². The third kappa shape index (κ3) is 5.19. The van der Waals surface area contributed by atoms with Gasteiger partial charge >= 0.3 is 0 Å². The Kier molecular flexibility index (Phi) is 8.75. The average Bonchev–Trinajstić information content (AvgIpc) is 3.04. The fourth-order valence-electron chi connectivity index (χ4n) is 6.24. The normalized spacial score (nSPS) is 18.4. The number of anilines is 1. The van der Waals surface area contributed by atoms with E-state index in [2.05, 4.69) is 4.90 Å². The average molecular weight is 574 g/mol. The van der Waals surface area contributed by atoms with Gasteiger partial charge in [-0.25, -0.2) is 0 Å². The highest BCUT2D eigenvalue weighted by Crippen LogP contribution is 2.48. The zero-order valence-corrected chi connectivity index (χ0v) is 25.0. The zero-order chi connectivity index (χ0) is 29.8. The number of hydrogen-bond acceptors (Lipinski definition) is 7. The number of rotatable bonds is 9. The van der Waals surface area contributed by atoms with E-state index in [-0.39, 0.29) is 11.8 Å². The van der Waals surface area contributed by atoms with Gasteiger partial charge in [0.1, 0.15) is 5.75 Å². The summed E-state index contributed by atoms with van der Waals surface area (Å²) in [6.07, 6.45) is 0.743. The summed E-state index contributed by atoms with van der Waals surface area (Å²) in [5, 5.41) is 0. The Bertz CT molecular complexity index is 1410. The first kappa shape index (κ1) is 29.1. The maximum atomic E-state index is 14.6. The molecule has 9 heteroatoms. The molecule has 3 aromatic rings. The van der Waals surface area contributed by atoms with Crippen LogP contribution in [0.1, 0.15) is 46.8 Å². The van der Waals surface area contributed by atoms with E-state index >= 15 is 0 Å². The van der Waals surface area contributed by atoms with Gasteiger partial charge in [0.15, 0.2) is 11.5 Å². The number of carbonyl (C=O) groups is 2. The lowest BCUT2D eigenvalue weighted by Gasteiger charge is -2.45. The minimum Gasteiger partial charge on any atom is -0.495 e. The van der Waals surface area contributed by atoms with Crippen LogP contribution in [0.5, 0.6) is 23.0 Å². The van der Waals surface area contributed by atoms with Gasteiger partial charge in [0.2, 0.25) is 11.7 Å². The first-order valence-electron chi connectivity index (χ1n) is 14.3. The Hall–Kier alpha value is -4.40. The number of hydrogen-bond donors (Lipinski definition) is 0. The lowest BCUT2D eigenvalue weighted by atomic mass is 9.78. The summed E-state index contributed by atoms with van der Waals surface area (Å²) in [5.41, 5.74) is 3.09. The summed E-state index contributed by atoms with van der Waals surface area (Å²) in [6, 6.07) is 18.6. The van der Waals surface area contributed by atoms with E-state index in [1.165, 1.54) is 0 Å². The quantitative estimate of drug-likeness (QED) is 0.365. The molecule has 3 aromatic carbocycles. The van der Waals surface area contributed by atoms with Crippen LogP contribution >= 0.6 is 0 Å². The van der Waals surface area contributed by atoms with Crippen LogP contribution in [-0.2, 0) is 4.79 Å². The first-order chi connectivity index (χ1) is 20.5.